The zero-order valence-electron chi connectivity index (χ0n) is 7.91. The fourth-order valence-electron chi connectivity index (χ4n) is 0.391. The molecule has 0 aromatic carbocycles. The molecular weight excluding hydrogens is 226 g/mol. The maximum atomic E-state index is 9.86. The van der Waals surface area contributed by atoms with Crippen molar-refractivity contribution in [2.24, 2.45) is 5.73 Å². The standard InChI is InChI=1S/C5H9NO4.Mg.4H2O/c6-3(5(9)10)1-2-4(7)8;;;;;/h3H,1-2,6H2,(H,7,8)(H,9,10);;4*1H2/q;+2;;;;/p-2/t3-;;;;;/m1...../s1. The Morgan fingerprint density at radius 3 is 1.60 bits per heavy atom. The van der Waals surface area contributed by atoms with Crippen LogP contribution < -0.4 is 15.9 Å². The zero-order chi connectivity index (χ0) is 8.15. The Balaban J connectivity index is -0.0000000405. The van der Waals surface area contributed by atoms with Crippen molar-refractivity contribution in [3.63, 3.8) is 0 Å². The maximum absolute atomic E-state index is 9.86. The van der Waals surface area contributed by atoms with Gasteiger partial charge < -0.3 is 47.4 Å². The minimum absolute atomic E-state index is 0. The van der Waals surface area contributed by atoms with Crippen molar-refractivity contribution >= 4 is 35.0 Å². The maximum Gasteiger partial charge on any atom is 2.00 e. The van der Waals surface area contributed by atoms with E-state index in [-0.39, 0.29) is 57.8 Å². The number of carboxylic acids is 2. The number of nitrogens with two attached hydrogens (primary N) is 1. The number of carbonyl (C=O) groups is 2. The molecule has 1 atom stereocenters. The summed E-state index contributed by atoms with van der Waals surface area (Å²) >= 11 is 0. The van der Waals surface area contributed by atoms with E-state index >= 15 is 0 Å². The molecule has 0 radical (unpaired) electrons. The van der Waals surface area contributed by atoms with Crippen LogP contribution in [-0.2, 0) is 9.59 Å². The molecule has 0 amide bonds. The van der Waals surface area contributed by atoms with E-state index < -0.39 is 18.0 Å². The van der Waals surface area contributed by atoms with Gasteiger partial charge in [0.25, 0.3) is 0 Å². The topological polar surface area (TPSA) is 232 Å². The van der Waals surface area contributed by atoms with Gasteiger partial charge >= 0.3 is 23.1 Å². The minimum atomic E-state index is -1.44. The second-order valence-corrected chi connectivity index (χ2v) is 1.84. The molecule has 0 aromatic heterocycles. The van der Waals surface area contributed by atoms with Crippen LogP contribution in [0.2, 0.25) is 0 Å². The fraction of sp³-hybridized carbons (Fsp3) is 0.600. The van der Waals surface area contributed by atoms with Gasteiger partial charge in [0.15, 0.2) is 0 Å². The zero-order valence-corrected chi connectivity index (χ0v) is 9.32. The van der Waals surface area contributed by atoms with E-state index in [4.69, 9.17) is 5.73 Å². The molecule has 9 nitrogen and oxygen atoms in total. The molecule has 0 saturated carbocycles. The smallest absolute Gasteiger partial charge is 0.550 e. The van der Waals surface area contributed by atoms with Crippen molar-refractivity contribution in [1.29, 1.82) is 0 Å². The number of hydrogen-bond donors (Lipinski definition) is 1. The molecule has 0 rings (SSSR count). The van der Waals surface area contributed by atoms with Gasteiger partial charge in [-0.25, -0.2) is 0 Å². The number of carbonyl (C=O) groups excluding carboxylic acids is 2. The molecule has 0 aliphatic carbocycles. The molecule has 0 fully saturated rings. The Labute approximate surface area is 102 Å². The second-order valence-electron chi connectivity index (χ2n) is 1.84. The SMILES string of the molecule is N[C@H](CCC(=O)[O-])C(=O)[O-].O.O.O.O.[Mg+2]. The van der Waals surface area contributed by atoms with Gasteiger partial charge in [-0.15, -0.1) is 0 Å². The van der Waals surface area contributed by atoms with Crippen LogP contribution in [0.1, 0.15) is 12.8 Å². The Morgan fingerprint density at radius 2 is 1.40 bits per heavy atom. The molecule has 0 aromatic rings. The average Bonchev–Trinajstić information content (AvgIpc) is 1.82. The van der Waals surface area contributed by atoms with Gasteiger partial charge in [0.2, 0.25) is 0 Å². The van der Waals surface area contributed by atoms with Gasteiger partial charge in [0, 0.05) is 12.0 Å². The molecule has 0 bridgehead atoms. The fourth-order valence-corrected chi connectivity index (χ4v) is 0.391. The molecule has 90 valence electrons. The predicted octanol–water partition coefficient (Wildman–Crippen LogP) is -7.09. The molecule has 0 heterocycles. The predicted molar refractivity (Wildman–Crippen MR) is 47.4 cm³/mol. The normalized spacial score (nSPS) is 8.33. The molecular formula is C5H15MgNO8. The molecule has 0 spiro atoms. The first kappa shape index (κ1) is 36.6. The van der Waals surface area contributed by atoms with Gasteiger partial charge in [-0.05, 0) is 12.8 Å². The summed E-state index contributed by atoms with van der Waals surface area (Å²) in [5, 5.41) is 19.6. The minimum Gasteiger partial charge on any atom is -0.550 e. The van der Waals surface area contributed by atoms with Crippen molar-refractivity contribution in [3.8, 4) is 0 Å². The Morgan fingerprint density at radius 1 is 1.07 bits per heavy atom. The van der Waals surface area contributed by atoms with Crippen LogP contribution in [0.5, 0.6) is 0 Å². The molecule has 0 aliphatic heterocycles. The molecule has 15 heavy (non-hydrogen) atoms. The first-order chi connectivity index (χ1) is 4.54. The van der Waals surface area contributed by atoms with Crippen LogP contribution in [0.25, 0.3) is 0 Å². The van der Waals surface area contributed by atoms with Gasteiger partial charge in [0.1, 0.15) is 0 Å². The van der Waals surface area contributed by atoms with E-state index in [0.717, 1.165) is 0 Å². The molecule has 10 heteroatoms. The first-order valence-electron chi connectivity index (χ1n) is 2.70. The van der Waals surface area contributed by atoms with Gasteiger partial charge in [-0.2, -0.15) is 0 Å². The Kier molecular flexibility index (Phi) is 46.7. The van der Waals surface area contributed by atoms with E-state index in [2.05, 4.69) is 0 Å². The van der Waals surface area contributed by atoms with Gasteiger partial charge in [-0.1, -0.05) is 0 Å². The quantitative estimate of drug-likeness (QED) is 0.471. The third kappa shape index (κ3) is 24.7. The van der Waals surface area contributed by atoms with E-state index in [0.29, 0.717) is 0 Å². The van der Waals surface area contributed by atoms with Crippen molar-refractivity contribution in [1.82, 2.24) is 0 Å². The third-order valence-corrected chi connectivity index (χ3v) is 0.962. The largest absolute Gasteiger partial charge is 2.00 e. The number of rotatable bonds is 4. The Bertz CT molecular complexity index is 154. The molecule has 0 aliphatic rings. The molecule has 0 saturated heterocycles. The van der Waals surface area contributed by atoms with Crippen molar-refractivity contribution in [2.75, 3.05) is 0 Å². The van der Waals surface area contributed by atoms with Crippen molar-refractivity contribution < 1.29 is 41.7 Å². The summed E-state index contributed by atoms with van der Waals surface area (Å²) in [6, 6.07) is -1.21. The van der Waals surface area contributed by atoms with Crippen LogP contribution in [0.3, 0.4) is 0 Å². The summed E-state index contributed by atoms with van der Waals surface area (Å²) in [6.07, 6.45) is -0.500. The number of hydrogen-bond acceptors (Lipinski definition) is 5. The van der Waals surface area contributed by atoms with Crippen LogP contribution >= 0.6 is 0 Å². The molecule has 0 unspecified atom stereocenters. The second kappa shape index (κ2) is 19.1. The first-order valence-corrected chi connectivity index (χ1v) is 2.70. The number of carboxylic acid groups (broad SMARTS) is 2. The van der Waals surface area contributed by atoms with Crippen LogP contribution in [0, 0.1) is 0 Å². The average molecular weight is 241 g/mol. The Hall–Kier alpha value is -0.494. The van der Waals surface area contributed by atoms with Gasteiger partial charge in [-0.3, -0.25) is 0 Å². The van der Waals surface area contributed by atoms with Crippen LogP contribution in [0.15, 0.2) is 0 Å². The van der Waals surface area contributed by atoms with Crippen LogP contribution in [-0.4, -0.2) is 62.9 Å². The van der Waals surface area contributed by atoms with Gasteiger partial charge in [0.05, 0.1) is 5.97 Å². The van der Waals surface area contributed by atoms with Crippen molar-refractivity contribution in [2.45, 2.75) is 18.9 Å². The van der Waals surface area contributed by atoms with E-state index in [1.54, 1.807) is 0 Å². The van der Waals surface area contributed by atoms with Crippen molar-refractivity contribution in [3.05, 3.63) is 0 Å². The summed E-state index contributed by atoms with van der Waals surface area (Å²) < 4.78 is 0. The van der Waals surface area contributed by atoms with E-state index in [1.807, 2.05) is 0 Å². The third-order valence-electron chi connectivity index (χ3n) is 0.962. The van der Waals surface area contributed by atoms with E-state index in [9.17, 15) is 19.8 Å². The van der Waals surface area contributed by atoms with Crippen LogP contribution in [0.4, 0.5) is 0 Å². The summed E-state index contributed by atoms with van der Waals surface area (Å²) in [6.45, 7) is 0. The summed E-state index contributed by atoms with van der Waals surface area (Å²) in [5.74, 6) is -2.75. The monoisotopic (exact) mass is 241 g/mol. The molecule has 10 N–H and O–H groups in total. The summed E-state index contributed by atoms with van der Waals surface area (Å²) in [5.41, 5.74) is 4.91. The summed E-state index contributed by atoms with van der Waals surface area (Å²) in [4.78, 5) is 19.6. The summed E-state index contributed by atoms with van der Waals surface area (Å²) in [7, 11) is 0. The van der Waals surface area contributed by atoms with E-state index in [1.165, 1.54) is 0 Å². The number of aliphatic carboxylic acids is 2.